The fraction of sp³-hybridized carbons (Fsp3) is 0.650. The third-order valence-electron chi connectivity index (χ3n) is 3.86. The fourth-order valence-electron chi connectivity index (χ4n) is 1.96. The maximum atomic E-state index is 12.3. The lowest BCUT2D eigenvalue weighted by Crippen LogP contribution is -2.24. The van der Waals surface area contributed by atoms with E-state index >= 15 is 0 Å². The summed E-state index contributed by atoms with van der Waals surface area (Å²) < 4.78 is 39.9. The van der Waals surface area contributed by atoms with E-state index in [-0.39, 0.29) is 5.92 Å². The Morgan fingerprint density at radius 2 is 1.54 bits per heavy atom. The van der Waals surface area contributed by atoms with Gasteiger partial charge in [0.25, 0.3) is 0 Å². The smallest absolute Gasteiger partial charge is 0.357 e. The van der Waals surface area contributed by atoms with Gasteiger partial charge in [-0.15, -0.1) is 0 Å². The van der Waals surface area contributed by atoms with Gasteiger partial charge < -0.3 is 4.57 Å². The van der Waals surface area contributed by atoms with Gasteiger partial charge in [-0.2, -0.15) is 18.3 Å². The van der Waals surface area contributed by atoms with Crippen LogP contribution < -0.4 is 0 Å². The van der Waals surface area contributed by atoms with E-state index in [4.69, 9.17) is 0 Å². The molecular weight excluding hydrogens is 339 g/mol. The molecule has 1 unspecified atom stereocenters. The van der Waals surface area contributed by atoms with E-state index < -0.39 is 12.2 Å². The van der Waals surface area contributed by atoms with Crippen LogP contribution in [-0.4, -0.2) is 20.5 Å². The van der Waals surface area contributed by atoms with Crippen LogP contribution in [0.2, 0.25) is 0 Å². The summed E-state index contributed by atoms with van der Waals surface area (Å²) in [6, 6.07) is 0.606. The Balaban J connectivity index is 0.000000458. The molecule has 0 amide bonds. The zero-order chi connectivity index (χ0) is 20.7. The maximum absolute atomic E-state index is 12.3. The second kappa shape index (κ2) is 9.83. The van der Waals surface area contributed by atoms with Crippen LogP contribution in [0.15, 0.2) is 30.9 Å². The molecule has 0 N–H and O–H groups in total. The van der Waals surface area contributed by atoms with Crippen LogP contribution in [0.4, 0.5) is 13.2 Å². The van der Waals surface area contributed by atoms with Gasteiger partial charge in [0.15, 0.2) is 0 Å². The molecule has 150 valence electrons. The number of alkyl halides is 3. The van der Waals surface area contributed by atoms with Crippen molar-refractivity contribution in [2.45, 2.75) is 78.9 Å². The summed E-state index contributed by atoms with van der Waals surface area (Å²) in [7, 11) is 2.05. The van der Waals surface area contributed by atoms with Crippen molar-refractivity contribution in [2.24, 2.45) is 7.05 Å². The lowest BCUT2D eigenvalue weighted by Gasteiger charge is -2.15. The number of hydrogen-bond donors (Lipinski definition) is 0. The summed E-state index contributed by atoms with van der Waals surface area (Å²) in [4.78, 5) is 0. The van der Waals surface area contributed by atoms with Gasteiger partial charge in [-0.3, -0.25) is 4.68 Å². The predicted octanol–water partition coefficient (Wildman–Crippen LogP) is 6.48. The number of nitrogens with zero attached hydrogens (tertiary/aromatic N) is 3. The van der Waals surface area contributed by atoms with E-state index in [0.29, 0.717) is 5.41 Å². The van der Waals surface area contributed by atoms with Crippen molar-refractivity contribution in [3.63, 3.8) is 0 Å². The third kappa shape index (κ3) is 7.67. The normalized spacial score (nSPS) is 12.8. The Kier molecular flexibility index (Phi) is 9.18. The zero-order valence-electron chi connectivity index (χ0n) is 17.5. The number of aromatic nitrogens is 3. The highest BCUT2D eigenvalue weighted by Gasteiger charge is 2.37. The highest BCUT2D eigenvalue weighted by molar-refractivity contribution is 5.19. The average molecular weight is 374 g/mol. The topological polar surface area (TPSA) is 22.8 Å². The molecule has 1 atom stereocenters. The van der Waals surface area contributed by atoms with Crippen molar-refractivity contribution >= 4 is 0 Å². The number of rotatable bonds is 2. The average Bonchev–Trinajstić information content (AvgIpc) is 3.16. The molecule has 0 aliphatic rings. The van der Waals surface area contributed by atoms with Gasteiger partial charge in [-0.05, 0) is 35.4 Å². The molecule has 0 aliphatic heterocycles. The van der Waals surface area contributed by atoms with Crippen LogP contribution in [0.5, 0.6) is 0 Å². The predicted molar refractivity (Wildman–Crippen MR) is 103 cm³/mol. The molecular formula is C20H34F3N3. The van der Waals surface area contributed by atoms with Gasteiger partial charge in [-0.1, -0.05) is 48.5 Å². The zero-order valence-corrected chi connectivity index (χ0v) is 17.5. The number of halogens is 3. The number of aryl methyl sites for hydroxylation is 1. The molecule has 2 heterocycles. The van der Waals surface area contributed by atoms with Crippen molar-refractivity contribution in [3.05, 3.63) is 42.0 Å². The van der Waals surface area contributed by atoms with Gasteiger partial charge in [-0.25, -0.2) is 0 Å². The van der Waals surface area contributed by atoms with Crippen molar-refractivity contribution in [1.82, 2.24) is 14.3 Å². The minimum atomic E-state index is -4.24. The Morgan fingerprint density at radius 3 is 1.81 bits per heavy atom. The van der Waals surface area contributed by atoms with Gasteiger partial charge in [0.05, 0.1) is 6.20 Å². The van der Waals surface area contributed by atoms with Gasteiger partial charge >= 0.3 is 6.18 Å². The molecule has 0 spiro atoms. The van der Waals surface area contributed by atoms with E-state index in [1.165, 1.54) is 18.0 Å². The minimum absolute atomic E-state index is 0.198. The first-order valence-corrected chi connectivity index (χ1v) is 9.05. The van der Waals surface area contributed by atoms with Gasteiger partial charge in [0.2, 0.25) is 0 Å². The van der Waals surface area contributed by atoms with Gasteiger partial charge in [0.1, 0.15) is 6.04 Å². The van der Waals surface area contributed by atoms with Crippen LogP contribution in [0.1, 0.15) is 78.5 Å². The Labute approximate surface area is 156 Å². The highest BCUT2D eigenvalue weighted by Crippen LogP contribution is 2.30. The molecule has 2 aromatic heterocycles. The molecule has 26 heavy (non-hydrogen) atoms. The van der Waals surface area contributed by atoms with E-state index in [2.05, 4.69) is 55.9 Å². The second-order valence-electron chi connectivity index (χ2n) is 7.44. The fourth-order valence-corrected chi connectivity index (χ4v) is 1.96. The standard InChI is InChI=1S/C9H13F3N2.C9H15N.C2H6/c1-6(2)8-4-13-14(5-8)7(3)9(10,11)12;1-9(2,3)8-5-6-10(4)7-8;1-2/h4-7H,1-3H3;5-7H,1-4H3;1-2H3. The Morgan fingerprint density at radius 1 is 1.00 bits per heavy atom. The SMILES string of the molecule is CC.CC(C)c1cnn(C(C)C(F)(F)F)c1.Cn1ccc(C(C)(C)C)c1. The molecule has 2 rings (SSSR count). The van der Waals surface area contributed by atoms with Crippen LogP contribution in [-0.2, 0) is 12.5 Å². The molecule has 0 bridgehead atoms. The molecule has 0 saturated carbocycles. The van der Waals surface area contributed by atoms with Crippen molar-refractivity contribution in [3.8, 4) is 0 Å². The molecule has 0 aliphatic carbocycles. The second-order valence-corrected chi connectivity index (χ2v) is 7.44. The van der Waals surface area contributed by atoms with Crippen LogP contribution in [0.25, 0.3) is 0 Å². The summed E-state index contributed by atoms with van der Waals surface area (Å²) in [6.07, 6.45) is 2.94. The van der Waals surface area contributed by atoms with Crippen molar-refractivity contribution < 1.29 is 13.2 Å². The van der Waals surface area contributed by atoms with Gasteiger partial charge in [0, 0.05) is 25.6 Å². The lowest BCUT2D eigenvalue weighted by molar-refractivity contribution is -0.165. The molecule has 3 nitrogen and oxygen atoms in total. The quantitative estimate of drug-likeness (QED) is 0.591. The van der Waals surface area contributed by atoms with E-state index in [0.717, 1.165) is 17.2 Å². The van der Waals surface area contributed by atoms with Crippen molar-refractivity contribution in [2.75, 3.05) is 0 Å². The first kappa shape index (κ1) is 24.3. The summed E-state index contributed by atoms with van der Waals surface area (Å²) in [5, 5.41) is 3.70. The Bertz CT molecular complexity index is 631. The summed E-state index contributed by atoms with van der Waals surface area (Å²) >= 11 is 0. The molecule has 0 saturated heterocycles. The van der Waals surface area contributed by atoms with Crippen LogP contribution in [0.3, 0.4) is 0 Å². The minimum Gasteiger partial charge on any atom is -0.357 e. The first-order valence-electron chi connectivity index (χ1n) is 9.05. The molecule has 6 heteroatoms. The van der Waals surface area contributed by atoms with Crippen LogP contribution >= 0.6 is 0 Å². The third-order valence-corrected chi connectivity index (χ3v) is 3.86. The Hall–Kier alpha value is -1.72. The van der Waals surface area contributed by atoms with E-state index in [9.17, 15) is 13.2 Å². The number of hydrogen-bond acceptors (Lipinski definition) is 1. The molecule has 0 radical (unpaired) electrons. The molecule has 2 aromatic rings. The summed E-state index contributed by atoms with van der Waals surface area (Å²) in [6.45, 7) is 15.6. The highest BCUT2D eigenvalue weighted by atomic mass is 19.4. The summed E-state index contributed by atoms with van der Waals surface area (Å²) in [5.41, 5.74) is 2.51. The molecule has 0 aromatic carbocycles. The van der Waals surface area contributed by atoms with Crippen LogP contribution in [0, 0.1) is 0 Å². The van der Waals surface area contributed by atoms with E-state index in [1.54, 1.807) is 0 Å². The first-order chi connectivity index (χ1) is 11.8. The monoisotopic (exact) mass is 373 g/mol. The maximum Gasteiger partial charge on any atom is 0.410 e. The van der Waals surface area contributed by atoms with Crippen molar-refractivity contribution in [1.29, 1.82) is 0 Å². The summed E-state index contributed by atoms with van der Waals surface area (Å²) in [5.74, 6) is 0.198. The van der Waals surface area contributed by atoms with E-state index in [1.807, 2.05) is 27.7 Å². The molecule has 0 fully saturated rings. The lowest BCUT2D eigenvalue weighted by atomic mass is 9.89. The largest absolute Gasteiger partial charge is 0.410 e.